The molecule has 0 atom stereocenters. The van der Waals surface area contributed by atoms with E-state index in [-0.39, 0.29) is 29.6 Å². The van der Waals surface area contributed by atoms with Crippen LogP contribution < -0.4 is 14.2 Å². The fourth-order valence-electron chi connectivity index (χ4n) is 2.20. The molecule has 6 heteroatoms. The minimum absolute atomic E-state index is 0.0386. The fourth-order valence-corrected chi connectivity index (χ4v) is 2.20. The minimum atomic E-state index is -0.418. The van der Waals surface area contributed by atoms with E-state index < -0.39 is 5.78 Å². The second-order valence-corrected chi connectivity index (χ2v) is 4.85. The van der Waals surface area contributed by atoms with Crippen LogP contribution >= 0.6 is 0 Å². The highest BCUT2D eigenvalue weighted by atomic mass is 16.7. The number of hydrogen-bond donors (Lipinski definition) is 2. The topological polar surface area (TPSA) is 85.2 Å². The number of phenols is 2. The van der Waals surface area contributed by atoms with Crippen LogP contribution in [0.15, 0.2) is 36.4 Å². The van der Waals surface area contributed by atoms with E-state index in [1.54, 1.807) is 24.3 Å². The van der Waals surface area contributed by atoms with Crippen LogP contribution in [0.5, 0.6) is 28.7 Å². The third-order valence-corrected chi connectivity index (χ3v) is 3.39. The van der Waals surface area contributed by atoms with Gasteiger partial charge in [0.2, 0.25) is 6.79 Å². The Hall–Kier alpha value is -3.15. The van der Waals surface area contributed by atoms with Gasteiger partial charge in [-0.1, -0.05) is 12.1 Å². The van der Waals surface area contributed by atoms with E-state index in [4.69, 9.17) is 14.2 Å². The standard InChI is InChI=1S/C17H14O6/c1-21-16-7-11(13(19)8-14(16)20)12(18)4-2-10-3-5-15-17(6-10)23-9-22-15/h2-8,19-20H,9H2,1H3/b4-2+. The van der Waals surface area contributed by atoms with Gasteiger partial charge in [0.1, 0.15) is 5.75 Å². The third kappa shape index (κ3) is 2.91. The highest BCUT2D eigenvalue weighted by Crippen LogP contribution is 2.34. The Balaban J connectivity index is 1.84. The predicted octanol–water partition coefficient (Wildman–Crippen LogP) is 2.73. The summed E-state index contributed by atoms with van der Waals surface area (Å²) in [6, 6.07) is 7.66. The van der Waals surface area contributed by atoms with E-state index in [0.29, 0.717) is 11.5 Å². The molecule has 1 aliphatic rings. The van der Waals surface area contributed by atoms with Crippen LogP contribution in [0, 0.1) is 0 Å². The molecular formula is C17H14O6. The molecule has 0 amide bonds. The molecule has 0 bridgehead atoms. The van der Waals surface area contributed by atoms with Gasteiger partial charge in [0, 0.05) is 6.07 Å². The first-order valence-corrected chi connectivity index (χ1v) is 6.80. The second kappa shape index (κ2) is 5.92. The van der Waals surface area contributed by atoms with Gasteiger partial charge in [0.25, 0.3) is 0 Å². The second-order valence-electron chi connectivity index (χ2n) is 4.85. The molecule has 0 saturated carbocycles. The Labute approximate surface area is 132 Å². The lowest BCUT2D eigenvalue weighted by molar-refractivity contribution is 0.104. The molecule has 0 saturated heterocycles. The maximum absolute atomic E-state index is 12.2. The molecule has 23 heavy (non-hydrogen) atoms. The summed E-state index contributed by atoms with van der Waals surface area (Å²) in [4.78, 5) is 12.2. The zero-order chi connectivity index (χ0) is 16.4. The van der Waals surface area contributed by atoms with Crippen molar-refractivity contribution in [3.05, 3.63) is 47.5 Å². The number of carbonyl (C=O) groups excluding carboxylic acids is 1. The average molecular weight is 314 g/mol. The maximum atomic E-state index is 12.2. The summed E-state index contributed by atoms with van der Waals surface area (Å²) in [5.74, 6) is 0.425. The summed E-state index contributed by atoms with van der Waals surface area (Å²) < 4.78 is 15.4. The van der Waals surface area contributed by atoms with Gasteiger partial charge >= 0.3 is 0 Å². The largest absolute Gasteiger partial charge is 0.507 e. The lowest BCUT2D eigenvalue weighted by atomic mass is 10.1. The first-order chi connectivity index (χ1) is 11.1. The van der Waals surface area contributed by atoms with Crippen LogP contribution in [0.1, 0.15) is 15.9 Å². The number of benzene rings is 2. The molecule has 0 aromatic heterocycles. The number of fused-ring (bicyclic) bond motifs is 1. The van der Waals surface area contributed by atoms with Gasteiger partial charge in [0.05, 0.1) is 12.7 Å². The Kier molecular flexibility index (Phi) is 3.80. The number of ketones is 1. The van der Waals surface area contributed by atoms with E-state index in [0.717, 1.165) is 11.6 Å². The summed E-state index contributed by atoms with van der Waals surface area (Å²) in [7, 11) is 1.36. The number of hydrogen-bond acceptors (Lipinski definition) is 6. The number of aromatic hydroxyl groups is 2. The summed E-state index contributed by atoms with van der Waals surface area (Å²) in [6.45, 7) is 0.183. The first-order valence-electron chi connectivity index (χ1n) is 6.80. The van der Waals surface area contributed by atoms with Gasteiger partial charge in [0.15, 0.2) is 28.8 Å². The molecule has 0 aliphatic carbocycles. The smallest absolute Gasteiger partial charge is 0.231 e. The van der Waals surface area contributed by atoms with Crippen molar-refractivity contribution < 1.29 is 29.2 Å². The first kappa shape index (κ1) is 14.8. The van der Waals surface area contributed by atoms with E-state index in [1.165, 1.54) is 19.3 Å². The molecule has 3 rings (SSSR count). The van der Waals surface area contributed by atoms with Crippen molar-refractivity contribution in [1.29, 1.82) is 0 Å². The molecule has 0 radical (unpaired) electrons. The van der Waals surface area contributed by atoms with Gasteiger partial charge in [-0.25, -0.2) is 0 Å². The van der Waals surface area contributed by atoms with Crippen molar-refractivity contribution >= 4 is 11.9 Å². The lowest BCUT2D eigenvalue weighted by Crippen LogP contribution is -1.96. The van der Waals surface area contributed by atoms with E-state index in [1.807, 2.05) is 0 Å². The molecule has 118 valence electrons. The van der Waals surface area contributed by atoms with Crippen LogP contribution in [0.3, 0.4) is 0 Å². The van der Waals surface area contributed by atoms with Crippen molar-refractivity contribution in [2.45, 2.75) is 0 Å². The number of allylic oxidation sites excluding steroid dienone is 1. The Morgan fingerprint density at radius 2 is 1.91 bits per heavy atom. The predicted molar refractivity (Wildman–Crippen MR) is 82.3 cm³/mol. The zero-order valence-electron chi connectivity index (χ0n) is 12.3. The van der Waals surface area contributed by atoms with Crippen molar-refractivity contribution in [3.8, 4) is 28.7 Å². The molecule has 1 heterocycles. The number of ether oxygens (including phenoxy) is 3. The summed E-state index contributed by atoms with van der Waals surface area (Å²) in [6.07, 6.45) is 2.92. The lowest BCUT2D eigenvalue weighted by Gasteiger charge is -2.07. The monoisotopic (exact) mass is 314 g/mol. The molecule has 0 spiro atoms. The van der Waals surface area contributed by atoms with Gasteiger partial charge in [-0.15, -0.1) is 0 Å². The van der Waals surface area contributed by atoms with E-state index in [9.17, 15) is 15.0 Å². The molecule has 0 unspecified atom stereocenters. The van der Waals surface area contributed by atoms with Crippen molar-refractivity contribution in [2.75, 3.05) is 13.9 Å². The normalized spacial score (nSPS) is 12.6. The molecule has 1 aliphatic heterocycles. The van der Waals surface area contributed by atoms with Gasteiger partial charge < -0.3 is 24.4 Å². The summed E-state index contributed by atoms with van der Waals surface area (Å²) >= 11 is 0. The van der Waals surface area contributed by atoms with Crippen LogP contribution in [-0.4, -0.2) is 29.9 Å². The Bertz CT molecular complexity index is 794. The van der Waals surface area contributed by atoms with Crippen LogP contribution in [0.4, 0.5) is 0 Å². The van der Waals surface area contributed by atoms with Crippen molar-refractivity contribution in [1.82, 2.24) is 0 Å². The van der Waals surface area contributed by atoms with Crippen LogP contribution in [-0.2, 0) is 0 Å². The van der Waals surface area contributed by atoms with Gasteiger partial charge in [-0.05, 0) is 29.8 Å². The molecule has 2 aromatic rings. The Morgan fingerprint density at radius 1 is 1.13 bits per heavy atom. The number of phenolic OH excluding ortho intramolecular Hbond substituents is 2. The average Bonchev–Trinajstić information content (AvgIpc) is 3.00. The molecule has 6 nitrogen and oxygen atoms in total. The van der Waals surface area contributed by atoms with Gasteiger partial charge in [-0.3, -0.25) is 4.79 Å². The maximum Gasteiger partial charge on any atom is 0.231 e. The third-order valence-electron chi connectivity index (χ3n) is 3.39. The highest BCUT2D eigenvalue weighted by molar-refractivity contribution is 6.09. The van der Waals surface area contributed by atoms with Gasteiger partial charge in [-0.2, -0.15) is 0 Å². The molecule has 2 N–H and O–H groups in total. The number of carbonyl (C=O) groups is 1. The number of methoxy groups -OCH3 is 1. The zero-order valence-corrected chi connectivity index (χ0v) is 12.3. The number of rotatable bonds is 4. The molecule has 2 aromatic carbocycles. The van der Waals surface area contributed by atoms with Crippen LogP contribution in [0.25, 0.3) is 6.08 Å². The summed E-state index contributed by atoms with van der Waals surface area (Å²) in [5, 5.41) is 19.4. The highest BCUT2D eigenvalue weighted by Gasteiger charge is 2.15. The molecular weight excluding hydrogens is 300 g/mol. The van der Waals surface area contributed by atoms with Crippen molar-refractivity contribution in [2.24, 2.45) is 0 Å². The van der Waals surface area contributed by atoms with Crippen molar-refractivity contribution in [3.63, 3.8) is 0 Å². The van der Waals surface area contributed by atoms with E-state index in [2.05, 4.69) is 0 Å². The minimum Gasteiger partial charge on any atom is -0.507 e. The van der Waals surface area contributed by atoms with Crippen LogP contribution in [0.2, 0.25) is 0 Å². The Morgan fingerprint density at radius 3 is 2.70 bits per heavy atom. The summed E-state index contributed by atoms with van der Waals surface area (Å²) in [5.41, 5.74) is 0.796. The SMILES string of the molecule is COc1cc(C(=O)/C=C/c2ccc3c(c2)OCO3)c(O)cc1O. The van der Waals surface area contributed by atoms with E-state index >= 15 is 0 Å². The molecule has 0 fully saturated rings. The quantitative estimate of drug-likeness (QED) is 0.667. The fraction of sp³-hybridized carbons (Fsp3) is 0.118.